The second-order valence-electron chi connectivity index (χ2n) is 3.93. The standard InChI is InChI=1S/C12H14F2O3/c1-2-16-12-8(15)6-10(12)17-9-5-3-4-7(13)11(9)14/h3-5,8,10,12,15H,2,6H2,1H3. The van der Waals surface area contributed by atoms with Crippen LogP contribution in [0.25, 0.3) is 0 Å². The van der Waals surface area contributed by atoms with Crippen molar-refractivity contribution in [2.75, 3.05) is 6.61 Å². The molecule has 0 spiro atoms. The topological polar surface area (TPSA) is 38.7 Å². The van der Waals surface area contributed by atoms with Gasteiger partial charge in [0, 0.05) is 13.0 Å². The maximum atomic E-state index is 13.3. The monoisotopic (exact) mass is 244 g/mol. The van der Waals surface area contributed by atoms with Gasteiger partial charge < -0.3 is 14.6 Å². The van der Waals surface area contributed by atoms with Gasteiger partial charge in [0.15, 0.2) is 11.6 Å². The summed E-state index contributed by atoms with van der Waals surface area (Å²) >= 11 is 0. The molecule has 1 aromatic carbocycles. The average molecular weight is 244 g/mol. The third kappa shape index (κ3) is 2.40. The molecule has 0 amide bonds. The van der Waals surface area contributed by atoms with Gasteiger partial charge in [0.05, 0.1) is 6.10 Å². The lowest BCUT2D eigenvalue weighted by atomic mass is 9.88. The smallest absolute Gasteiger partial charge is 0.200 e. The van der Waals surface area contributed by atoms with Crippen molar-refractivity contribution in [3.05, 3.63) is 29.8 Å². The normalized spacial score (nSPS) is 27.6. The van der Waals surface area contributed by atoms with Crippen molar-refractivity contribution >= 4 is 0 Å². The maximum absolute atomic E-state index is 13.3. The van der Waals surface area contributed by atoms with Crippen molar-refractivity contribution < 1.29 is 23.4 Å². The predicted octanol–water partition coefficient (Wildman–Crippen LogP) is 1.88. The van der Waals surface area contributed by atoms with E-state index in [0.29, 0.717) is 13.0 Å². The molecule has 17 heavy (non-hydrogen) atoms. The van der Waals surface area contributed by atoms with Gasteiger partial charge in [-0.3, -0.25) is 0 Å². The van der Waals surface area contributed by atoms with Crippen LogP contribution in [0.2, 0.25) is 0 Å². The van der Waals surface area contributed by atoms with E-state index in [-0.39, 0.29) is 5.75 Å². The molecule has 3 unspecified atom stereocenters. The third-order valence-corrected chi connectivity index (χ3v) is 2.77. The minimum atomic E-state index is -1.01. The highest BCUT2D eigenvalue weighted by Crippen LogP contribution is 2.30. The van der Waals surface area contributed by atoms with E-state index >= 15 is 0 Å². The van der Waals surface area contributed by atoms with Crippen LogP contribution in [0.15, 0.2) is 18.2 Å². The van der Waals surface area contributed by atoms with Crippen LogP contribution in [-0.4, -0.2) is 30.0 Å². The molecule has 1 N–H and O–H groups in total. The van der Waals surface area contributed by atoms with E-state index < -0.39 is 29.9 Å². The number of halogens is 2. The van der Waals surface area contributed by atoms with E-state index in [2.05, 4.69) is 0 Å². The SMILES string of the molecule is CCOC1C(O)CC1Oc1cccc(F)c1F. The molecule has 0 bridgehead atoms. The van der Waals surface area contributed by atoms with Gasteiger partial charge in [0.1, 0.15) is 12.2 Å². The Morgan fingerprint density at radius 1 is 1.41 bits per heavy atom. The average Bonchev–Trinajstić information content (AvgIpc) is 2.31. The number of ether oxygens (including phenoxy) is 2. The van der Waals surface area contributed by atoms with Crippen LogP contribution in [0.3, 0.4) is 0 Å². The molecule has 1 aromatic rings. The lowest BCUT2D eigenvalue weighted by Crippen LogP contribution is -2.55. The molecule has 2 rings (SSSR count). The van der Waals surface area contributed by atoms with Gasteiger partial charge >= 0.3 is 0 Å². The van der Waals surface area contributed by atoms with Crippen LogP contribution in [0.5, 0.6) is 5.75 Å². The van der Waals surface area contributed by atoms with Crippen molar-refractivity contribution in [1.82, 2.24) is 0 Å². The van der Waals surface area contributed by atoms with Crippen LogP contribution >= 0.6 is 0 Å². The van der Waals surface area contributed by atoms with E-state index in [0.717, 1.165) is 6.07 Å². The quantitative estimate of drug-likeness (QED) is 0.879. The fourth-order valence-corrected chi connectivity index (χ4v) is 1.82. The van der Waals surface area contributed by atoms with Crippen LogP contribution in [0, 0.1) is 11.6 Å². The highest BCUT2D eigenvalue weighted by Gasteiger charge is 2.43. The molecule has 3 nitrogen and oxygen atoms in total. The molecule has 0 aromatic heterocycles. The summed E-state index contributed by atoms with van der Waals surface area (Å²) in [5.41, 5.74) is 0. The summed E-state index contributed by atoms with van der Waals surface area (Å²) in [5.74, 6) is -2.11. The zero-order valence-corrected chi connectivity index (χ0v) is 9.40. The summed E-state index contributed by atoms with van der Waals surface area (Å²) in [6, 6.07) is 3.75. The summed E-state index contributed by atoms with van der Waals surface area (Å²) in [4.78, 5) is 0. The van der Waals surface area contributed by atoms with Crippen LogP contribution in [0.4, 0.5) is 8.78 Å². The van der Waals surface area contributed by atoms with E-state index in [1.807, 2.05) is 0 Å². The fourth-order valence-electron chi connectivity index (χ4n) is 1.82. The molecule has 0 aliphatic heterocycles. The molecule has 1 aliphatic rings. The first-order valence-corrected chi connectivity index (χ1v) is 5.53. The van der Waals surface area contributed by atoms with Gasteiger partial charge in [-0.1, -0.05) is 6.07 Å². The van der Waals surface area contributed by atoms with Crippen molar-refractivity contribution in [2.24, 2.45) is 0 Å². The Kier molecular flexibility index (Phi) is 3.59. The van der Waals surface area contributed by atoms with Crippen LogP contribution in [-0.2, 0) is 4.74 Å². The van der Waals surface area contributed by atoms with Gasteiger partial charge in [-0.25, -0.2) is 4.39 Å². The van der Waals surface area contributed by atoms with E-state index in [9.17, 15) is 13.9 Å². The highest BCUT2D eigenvalue weighted by atomic mass is 19.2. The molecular weight excluding hydrogens is 230 g/mol. The van der Waals surface area contributed by atoms with Gasteiger partial charge in [-0.15, -0.1) is 0 Å². The fraction of sp³-hybridized carbons (Fsp3) is 0.500. The molecular formula is C12H14F2O3. The molecule has 0 saturated heterocycles. The Morgan fingerprint density at radius 3 is 2.82 bits per heavy atom. The Hall–Kier alpha value is -1.20. The zero-order chi connectivity index (χ0) is 12.4. The molecule has 94 valence electrons. The summed E-state index contributed by atoms with van der Waals surface area (Å²) < 4.78 is 36.8. The number of hydrogen-bond acceptors (Lipinski definition) is 3. The van der Waals surface area contributed by atoms with E-state index in [1.54, 1.807) is 6.92 Å². The molecule has 0 heterocycles. The van der Waals surface area contributed by atoms with E-state index in [4.69, 9.17) is 9.47 Å². The van der Waals surface area contributed by atoms with Gasteiger partial charge in [0.25, 0.3) is 0 Å². The second-order valence-corrected chi connectivity index (χ2v) is 3.93. The van der Waals surface area contributed by atoms with Gasteiger partial charge in [-0.05, 0) is 19.1 Å². The Balaban J connectivity index is 2.04. The Bertz CT molecular complexity index is 397. The van der Waals surface area contributed by atoms with Crippen molar-refractivity contribution in [3.63, 3.8) is 0 Å². The number of aliphatic hydroxyl groups is 1. The largest absolute Gasteiger partial charge is 0.484 e. The summed E-state index contributed by atoms with van der Waals surface area (Å²) in [6.45, 7) is 2.23. The summed E-state index contributed by atoms with van der Waals surface area (Å²) in [5, 5.41) is 9.44. The van der Waals surface area contributed by atoms with Crippen molar-refractivity contribution in [1.29, 1.82) is 0 Å². The van der Waals surface area contributed by atoms with Gasteiger partial charge in [0.2, 0.25) is 5.82 Å². The summed E-state index contributed by atoms with van der Waals surface area (Å²) in [7, 11) is 0. The molecule has 1 saturated carbocycles. The zero-order valence-electron chi connectivity index (χ0n) is 9.40. The number of hydrogen-bond donors (Lipinski definition) is 1. The Labute approximate surface area is 98.0 Å². The Morgan fingerprint density at radius 2 is 2.18 bits per heavy atom. The van der Waals surface area contributed by atoms with Crippen molar-refractivity contribution in [2.45, 2.75) is 31.7 Å². The number of aliphatic hydroxyl groups excluding tert-OH is 1. The third-order valence-electron chi connectivity index (χ3n) is 2.77. The minimum absolute atomic E-state index is 0.147. The maximum Gasteiger partial charge on any atom is 0.200 e. The first-order valence-electron chi connectivity index (χ1n) is 5.53. The first kappa shape index (κ1) is 12.3. The molecule has 3 atom stereocenters. The molecule has 1 fully saturated rings. The molecule has 1 aliphatic carbocycles. The predicted molar refractivity (Wildman–Crippen MR) is 56.8 cm³/mol. The lowest BCUT2D eigenvalue weighted by Gasteiger charge is -2.40. The molecule has 5 heteroatoms. The van der Waals surface area contributed by atoms with Crippen LogP contribution < -0.4 is 4.74 Å². The van der Waals surface area contributed by atoms with Crippen molar-refractivity contribution in [3.8, 4) is 5.75 Å². The second kappa shape index (κ2) is 4.98. The lowest BCUT2D eigenvalue weighted by molar-refractivity contribution is -0.161. The molecule has 0 radical (unpaired) electrons. The first-order chi connectivity index (χ1) is 8.13. The highest BCUT2D eigenvalue weighted by molar-refractivity contribution is 5.26. The van der Waals surface area contributed by atoms with Crippen LogP contribution in [0.1, 0.15) is 13.3 Å². The minimum Gasteiger partial charge on any atom is -0.484 e. The van der Waals surface area contributed by atoms with E-state index in [1.165, 1.54) is 12.1 Å². The number of benzene rings is 1. The number of rotatable bonds is 4. The van der Waals surface area contributed by atoms with Gasteiger partial charge in [-0.2, -0.15) is 4.39 Å². The summed E-state index contributed by atoms with van der Waals surface area (Å²) in [6.07, 6.45) is -1.14.